The summed E-state index contributed by atoms with van der Waals surface area (Å²) in [6.45, 7) is 2.66. The van der Waals surface area contributed by atoms with Crippen LogP contribution in [0.15, 0.2) is 30.3 Å². The van der Waals surface area contributed by atoms with E-state index in [1.165, 1.54) is 17.7 Å². The van der Waals surface area contributed by atoms with E-state index in [0.717, 1.165) is 13.1 Å². The Balaban J connectivity index is 1.74. The second kappa shape index (κ2) is 5.01. The van der Waals surface area contributed by atoms with Crippen LogP contribution in [-0.4, -0.2) is 42.5 Å². The Bertz CT molecular complexity index is 483. The first-order valence-corrected chi connectivity index (χ1v) is 6.67. The van der Waals surface area contributed by atoms with Crippen LogP contribution < -0.4 is 10.2 Å². The van der Waals surface area contributed by atoms with Crippen LogP contribution in [-0.2, 0) is 4.79 Å². The number of carbonyl (C=O) groups is 2. The summed E-state index contributed by atoms with van der Waals surface area (Å²) in [7, 11) is 0. The summed E-state index contributed by atoms with van der Waals surface area (Å²) < 4.78 is 0. The Kier molecular flexibility index (Phi) is 3.21. The van der Waals surface area contributed by atoms with Crippen LogP contribution in [0.1, 0.15) is 12.8 Å². The molecule has 5 heteroatoms. The van der Waals surface area contributed by atoms with Crippen molar-refractivity contribution in [1.82, 2.24) is 10.2 Å². The van der Waals surface area contributed by atoms with Gasteiger partial charge in [-0.3, -0.25) is 4.79 Å². The Labute approximate surface area is 112 Å². The number of imide groups is 1. The molecule has 3 amide bonds. The fraction of sp³-hybridized carbons (Fsp3) is 0.429. The van der Waals surface area contributed by atoms with Gasteiger partial charge in [-0.15, -0.1) is 0 Å². The maximum absolute atomic E-state index is 12.3. The van der Waals surface area contributed by atoms with Crippen molar-refractivity contribution in [3.63, 3.8) is 0 Å². The van der Waals surface area contributed by atoms with Crippen LogP contribution in [0.25, 0.3) is 0 Å². The zero-order chi connectivity index (χ0) is 13.2. The van der Waals surface area contributed by atoms with Crippen LogP contribution in [0, 0.1) is 0 Å². The number of likely N-dealkylation sites (tertiary alicyclic amines) is 1. The lowest BCUT2D eigenvalue weighted by molar-refractivity contribution is -0.118. The van der Waals surface area contributed by atoms with Gasteiger partial charge in [0.1, 0.15) is 6.04 Å². The third kappa shape index (κ3) is 2.33. The first-order valence-electron chi connectivity index (χ1n) is 6.67. The van der Waals surface area contributed by atoms with Crippen molar-refractivity contribution in [1.29, 1.82) is 0 Å². The SMILES string of the molecule is O=C1NC(CN2CCCC2)C(=O)N1c1ccccc1. The number of para-hydroxylation sites is 1. The maximum Gasteiger partial charge on any atom is 0.329 e. The zero-order valence-corrected chi connectivity index (χ0v) is 10.7. The highest BCUT2D eigenvalue weighted by Gasteiger charge is 2.39. The summed E-state index contributed by atoms with van der Waals surface area (Å²) in [5.74, 6) is -0.150. The summed E-state index contributed by atoms with van der Waals surface area (Å²) in [5, 5.41) is 2.77. The number of amides is 3. The van der Waals surface area contributed by atoms with E-state index in [-0.39, 0.29) is 11.9 Å². The summed E-state index contributed by atoms with van der Waals surface area (Å²) in [6.07, 6.45) is 2.36. The Morgan fingerprint density at radius 2 is 1.79 bits per heavy atom. The van der Waals surface area contributed by atoms with Crippen molar-refractivity contribution >= 4 is 17.6 Å². The van der Waals surface area contributed by atoms with Crippen molar-refractivity contribution in [3.05, 3.63) is 30.3 Å². The van der Waals surface area contributed by atoms with Gasteiger partial charge in [0.25, 0.3) is 5.91 Å². The van der Waals surface area contributed by atoms with E-state index in [4.69, 9.17) is 0 Å². The smallest absolute Gasteiger partial charge is 0.324 e. The van der Waals surface area contributed by atoms with Gasteiger partial charge in [-0.05, 0) is 38.1 Å². The number of benzene rings is 1. The topological polar surface area (TPSA) is 52.7 Å². The molecule has 2 heterocycles. The number of rotatable bonds is 3. The third-order valence-corrected chi connectivity index (χ3v) is 3.67. The number of nitrogens with zero attached hydrogens (tertiary/aromatic N) is 2. The lowest BCUT2D eigenvalue weighted by atomic mass is 10.2. The number of urea groups is 1. The van der Waals surface area contributed by atoms with Crippen molar-refractivity contribution in [2.75, 3.05) is 24.5 Å². The predicted octanol–water partition coefficient (Wildman–Crippen LogP) is 1.21. The van der Waals surface area contributed by atoms with Gasteiger partial charge in [0.05, 0.1) is 5.69 Å². The van der Waals surface area contributed by atoms with Crippen molar-refractivity contribution < 1.29 is 9.59 Å². The molecule has 0 bridgehead atoms. The van der Waals surface area contributed by atoms with Gasteiger partial charge in [-0.25, -0.2) is 9.69 Å². The number of hydrogen-bond donors (Lipinski definition) is 1. The van der Waals surface area contributed by atoms with E-state index in [1.807, 2.05) is 18.2 Å². The molecule has 100 valence electrons. The highest BCUT2D eigenvalue weighted by atomic mass is 16.2. The molecule has 2 fully saturated rings. The van der Waals surface area contributed by atoms with E-state index in [1.54, 1.807) is 12.1 Å². The number of carbonyl (C=O) groups excluding carboxylic acids is 2. The Morgan fingerprint density at radius 3 is 2.47 bits per heavy atom. The predicted molar refractivity (Wildman–Crippen MR) is 71.9 cm³/mol. The van der Waals surface area contributed by atoms with Crippen molar-refractivity contribution in [3.8, 4) is 0 Å². The van der Waals surface area contributed by atoms with Gasteiger partial charge in [-0.2, -0.15) is 0 Å². The normalized spacial score (nSPS) is 24.0. The molecule has 3 rings (SSSR count). The van der Waals surface area contributed by atoms with Gasteiger partial charge in [0, 0.05) is 6.54 Å². The summed E-state index contributed by atoms with van der Waals surface area (Å²) in [6, 6.07) is 8.33. The minimum Gasteiger partial charge on any atom is -0.324 e. The summed E-state index contributed by atoms with van der Waals surface area (Å²) in [4.78, 5) is 27.7. The molecular weight excluding hydrogens is 242 g/mol. The largest absolute Gasteiger partial charge is 0.329 e. The second-order valence-electron chi connectivity index (χ2n) is 5.02. The fourth-order valence-electron chi connectivity index (χ4n) is 2.70. The Morgan fingerprint density at radius 1 is 1.11 bits per heavy atom. The van der Waals surface area contributed by atoms with E-state index in [0.29, 0.717) is 12.2 Å². The average Bonchev–Trinajstić information content (AvgIpc) is 3.01. The van der Waals surface area contributed by atoms with Gasteiger partial charge < -0.3 is 10.2 Å². The molecule has 1 aromatic carbocycles. The van der Waals surface area contributed by atoms with Crippen molar-refractivity contribution in [2.45, 2.75) is 18.9 Å². The molecule has 1 N–H and O–H groups in total. The molecule has 2 aliphatic rings. The second-order valence-corrected chi connectivity index (χ2v) is 5.02. The van der Waals surface area contributed by atoms with Crippen LogP contribution in [0.3, 0.4) is 0 Å². The van der Waals surface area contributed by atoms with Crippen LogP contribution >= 0.6 is 0 Å². The lowest BCUT2D eigenvalue weighted by Gasteiger charge is -2.18. The molecule has 0 spiro atoms. The molecule has 1 aromatic rings. The summed E-state index contributed by atoms with van der Waals surface area (Å²) in [5.41, 5.74) is 0.633. The molecule has 0 aromatic heterocycles. The first-order chi connectivity index (χ1) is 9.25. The molecule has 0 radical (unpaired) electrons. The minimum atomic E-state index is -0.411. The van der Waals surface area contributed by atoms with E-state index in [9.17, 15) is 9.59 Å². The molecule has 0 aliphatic carbocycles. The lowest BCUT2D eigenvalue weighted by Crippen LogP contribution is -2.41. The molecule has 5 nitrogen and oxygen atoms in total. The van der Waals surface area contributed by atoms with E-state index in [2.05, 4.69) is 10.2 Å². The Hall–Kier alpha value is -1.88. The summed E-state index contributed by atoms with van der Waals surface area (Å²) >= 11 is 0. The van der Waals surface area contributed by atoms with Crippen LogP contribution in [0.4, 0.5) is 10.5 Å². The third-order valence-electron chi connectivity index (χ3n) is 3.67. The molecule has 1 unspecified atom stereocenters. The van der Waals surface area contributed by atoms with Gasteiger partial charge >= 0.3 is 6.03 Å². The standard InChI is InChI=1S/C14H17N3O2/c18-13-12(10-16-8-4-5-9-16)15-14(19)17(13)11-6-2-1-3-7-11/h1-3,6-7,12H,4-5,8-10H2,(H,15,19). The van der Waals surface area contributed by atoms with Gasteiger partial charge in [-0.1, -0.05) is 18.2 Å². The molecule has 0 saturated carbocycles. The first kappa shape index (κ1) is 12.2. The molecule has 19 heavy (non-hydrogen) atoms. The molecule has 2 saturated heterocycles. The number of anilines is 1. The number of hydrogen-bond acceptors (Lipinski definition) is 3. The van der Waals surface area contributed by atoms with Crippen LogP contribution in [0.5, 0.6) is 0 Å². The zero-order valence-electron chi connectivity index (χ0n) is 10.7. The molecule has 1 atom stereocenters. The van der Waals surface area contributed by atoms with Crippen molar-refractivity contribution in [2.24, 2.45) is 0 Å². The van der Waals surface area contributed by atoms with Gasteiger partial charge in [0.15, 0.2) is 0 Å². The van der Waals surface area contributed by atoms with Crippen LogP contribution in [0.2, 0.25) is 0 Å². The molecular formula is C14H17N3O2. The monoisotopic (exact) mass is 259 g/mol. The van der Waals surface area contributed by atoms with E-state index >= 15 is 0 Å². The average molecular weight is 259 g/mol. The van der Waals surface area contributed by atoms with E-state index < -0.39 is 6.04 Å². The highest BCUT2D eigenvalue weighted by molar-refractivity contribution is 6.21. The minimum absolute atomic E-state index is 0.150. The highest BCUT2D eigenvalue weighted by Crippen LogP contribution is 2.20. The van der Waals surface area contributed by atoms with Gasteiger partial charge in [0.2, 0.25) is 0 Å². The maximum atomic E-state index is 12.3. The fourth-order valence-corrected chi connectivity index (χ4v) is 2.70. The number of nitrogens with one attached hydrogen (secondary N) is 1. The quantitative estimate of drug-likeness (QED) is 0.830. The molecule has 2 aliphatic heterocycles.